The number of ether oxygens (including phenoxy) is 2. The molecule has 4 atom stereocenters. The molecule has 12 heteroatoms. The van der Waals surface area contributed by atoms with Gasteiger partial charge in [0.1, 0.15) is 17.7 Å². The summed E-state index contributed by atoms with van der Waals surface area (Å²) < 4.78 is 10.4. The van der Waals surface area contributed by atoms with Crippen LogP contribution >= 0.6 is 0 Å². The average Bonchev–Trinajstić information content (AvgIpc) is 3.33. The topological polar surface area (TPSA) is 165 Å². The Labute approximate surface area is 188 Å². The quantitative estimate of drug-likeness (QED) is 0.252. The Kier molecular flexibility index (Phi) is 6.65. The van der Waals surface area contributed by atoms with E-state index in [-0.39, 0.29) is 36.7 Å². The predicted molar refractivity (Wildman–Crippen MR) is 111 cm³/mol. The second-order valence-electron chi connectivity index (χ2n) is 7.75. The van der Waals surface area contributed by atoms with Crippen LogP contribution in [0.2, 0.25) is 0 Å². The number of hydrogen-bond acceptors (Lipinski definition) is 8. The summed E-state index contributed by atoms with van der Waals surface area (Å²) in [4.78, 5) is 60.3. The summed E-state index contributed by atoms with van der Waals surface area (Å²) >= 11 is 0. The van der Waals surface area contributed by atoms with Crippen LogP contribution in [0, 0.1) is 16.0 Å². The molecular weight excluding hydrogens is 438 g/mol. The maximum Gasteiger partial charge on any atom is 0.408 e. The molecule has 0 radical (unpaired) electrons. The van der Waals surface area contributed by atoms with Gasteiger partial charge in [0.05, 0.1) is 23.6 Å². The average molecular weight is 461 g/mol. The van der Waals surface area contributed by atoms with Crippen LogP contribution in [0.4, 0.5) is 10.5 Å². The number of rotatable bonds is 8. The third kappa shape index (κ3) is 4.78. The van der Waals surface area contributed by atoms with Gasteiger partial charge in [-0.2, -0.15) is 0 Å². The monoisotopic (exact) mass is 461 g/mol. The molecule has 1 saturated carbocycles. The molecule has 1 heterocycles. The van der Waals surface area contributed by atoms with E-state index in [2.05, 4.69) is 11.9 Å². The molecule has 2 aliphatic rings. The summed E-state index contributed by atoms with van der Waals surface area (Å²) in [6, 6.07) is 3.55. The first kappa shape index (κ1) is 23.7. The normalized spacial score (nSPS) is 25.6. The number of benzene rings is 1. The fourth-order valence-electron chi connectivity index (χ4n) is 3.85. The summed E-state index contributed by atoms with van der Waals surface area (Å²) in [5, 5.41) is 22.9. The molecule has 0 bridgehead atoms. The molecular formula is C21H23N3O9. The highest BCUT2D eigenvalue weighted by atomic mass is 16.6. The SMILES string of the molecule is C=C[C@@H]1C[C@]1(NC(=O)C1CC(OC(=O)c2ccc([N+](=O)[O-])cc2)CN1C(=O)O)C(=O)OCC. The van der Waals surface area contributed by atoms with E-state index in [9.17, 15) is 34.4 Å². The van der Waals surface area contributed by atoms with Gasteiger partial charge in [-0.1, -0.05) is 6.08 Å². The van der Waals surface area contributed by atoms with E-state index >= 15 is 0 Å². The van der Waals surface area contributed by atoms with Gasteiger partial charge >= 0.3 is 18.0 Å². The number of amides is 2. The fraction of sp³-hybridized carbons (Fsp3) is 0.429. The Morgan fingerprint density at radius 1 is 1.33 bits per heavy atom. The largest absolute Gasteiger partial charge is 0.465 e. The number of hydrogen-bond donors (Lipinski definition) is 2. The number of nitrogens with zero attached hydrogens (tertiary/aromatic N) is 2. The molecule has 12 nitrogen and oxygen atoms in total. The molecule has 0 spiro atoms. The van der Waals surface area contributed by atoms with E-state index in [0.717, 1.165) is 17.0 Å². The molecule has 1 aromatic carbocycles. The van der Waals surface area contributed by atoms with Crippen molar-refractivity contribution in [1.82, 2.24) is 10.2 Å². The molecule has 2 fully saturated rings. The van der Waals surface area contributed by atoms with Crippen molar-refractivity contribution >= 4 is 29.6 Å². The number of carbonyl (C=O) groups excluding carboxylic acids is 3. The lowest BCUT2D eigenvalue weighted by Gasteiger charge is -2.23. The van der Waals surface area contributed by atoms with E-state index in [1.807, 2.05) is 0 Å². The molecule has 176 valence electrons. The number of carbonyl (C=O) groups is 4. The molecule has 0 aromatic heterocycles. The van der Waals surface area contributed by atoms with Crippen LogP contribution in [0.25, 0.3) is 0 Å². The van der Waals surface area contributed by atoms with Crippen LogP contribution in [0.1, 0.15) is 30.1 Å². The summed E-state index contributed by atoms with van der Waals surface area (Å²) in [5.41, 5.74) is -1.44. The van der Waals surface area contributed by atoms with Crippen molar-refractivity contribution in [3.05, 3.63) is 52.6 Å². The van der Waals surface area contributed by atoms with Crippen LogP contribution in [-0.2, 0) is 19.1 Å². The molecule has 3 rings (SSSR count). The van der Waals surface area contributed by atoms with Crippen molar-refractivity contribution in [2.45, 2.75) is 37.5 Å². The number of esters is 2. The smallest absolute Gasteiger partial charge is 0.408 e. The number of nitro groups is 1. The summed E-state index contributed by atoms with van der Waals surface area (Å²) in [7, 11) is 0. The molecule has 1 saturated heterocycles. The van der Waals surface area contributed by atoms with E-state index in [1.165, 1.54) is 18.2 Å². The van der Waals surface area contributed by atoms with Crippen molar-refractivity contribution in [3.63, 3.8) is 0 Å². The molecule has 33 heavy (non-hydrogen) atoms. The zero-order valence-corrected chi connectivity index (χ0v) is 17.8. The molecule has 1 aliphatic heterocycles. The Morgan fingerprint density at radius 2 is 2.00 bits per heavy atom. The summed E-state index contributed by atoms with van der Waals surface area (Å²) in [6.07, 6.45) is -0.610. The van der Waals surface area contributed by atoms with Gasteiger partial charge in [-0.25, -0.2) is 14.4 Å². The summed E-state index contributed by atoms with van der Waals surface area (Å²) in [5.74, 6) is -2.47. The standard InChI is InChI=1S/C21H23N3O9/c1-3-13-10-21(13,19(27)32-4-2)22-17(25)16-9-15(11-23(16)20(28)29)33-18(26)12-5-7-14(8-6-12)24(30)31/h3,5-8,13,15-16H,1,4,9-11H2,2H3,(H,22,25)(H,28,29)/t13-,15?,16?,21-/m1/s1. The van der Waals surface area contributed by atoms with Crippen molar-refractivity contribution in [2.75, 3.05) is 13.2 Å². The van der Waals surface area contributed by atoms with Gasteiger partial charge in [-0.15, -0.1) is 6.58 Å². The van der Waals surface area contributed by atoms with E-state index in [4.69, 9.17) is 9.47 Å². The van der Waals surface area contributed by atoms with Crippen LogP contribution in [0.3, 0.4) is 0 Å². The molecule has 2 amide bonds. The number of non-ortho nitro benzene ring substituents is 1. The molecule has 1 aromatic rings. The molecule has 2 unspecified atom stereocenters. The van der Waals surface area contributed by atoms with Crippen LogP contribution in [-0.4, -0.2) is 69.7 Å². The lowest BCUT2D eigenvalue weighted by molar-refractivity contribution is -0.384. The maximum atomic E-state index is 12.9. The number of likely N-dealkylation sites (tertiary alicyclic amines) is 1. The van der Waals surface area contributed by atoms with Crippen LogP contribution in [0.5, 0.6) is 0 Å². The minimum absolute atomic E-state index is 0.0449. The van der Waals surface area contributed by atoms with E-state index in [0.29, 0.717) is 6.42 Å². The first-order valence-corrected chi connectivity index (χ1v) is 10.2. The predicted octanol–water partition coefficient (Wildman–Crippen LogP) is 1.50. The second-order valence-corrected chi connectivity index (χ2v) is 7.75. The third-order valence-corrected chi connectivity index (χ3v) is 5.68. The van der Waals surface area contributed by atoms with Gasteiger partial charge in [0, 0.05) is 24.5 Å². The Hall–Kier alpha value is -3.96. The fourth-order valence-corrected chi connectivity index (χ4v) is 3.85. The van der Waals surface area contributed by atoms with Crippen LogP contribution < -0.4 is 5.32 Å². The van der Waals surface area contributed by atoms with Crippen molar-refractivity contribution in [1.29, 1.82) is 0 Å². The Bertz CT molecular complexity index is 993. The Morgan fingerprint density at radius 3 is 2.52 bits per heavy atom. The Balaban J connectivity index is 1.69. The minimum atomic E-state index is -1.38. The summed E-state index contributed by atoms with van der Waals surface area (Å²) in [6.45, 7) is 5.14. The highest BCUT2D eigenvalue weighted by molar-refractivity contribution is 5.95. The first-order valence-electron chi connectivity index (χ1n) is 10.2. The number of carboxylic acid groups (broad SMARTS) is 1. The van der Waals surface area contributed by atoms with Gasteiger partial charge in [0.2, 0.25) is 5.91 Å². The van der Waals surface area contributed by atoms with Crippen LogP contribution in [0.15, 0.2) is 36.9 Å². The number of nitro benzene ring substituents is 1. The second kappa shape index (κ2) is 9.27. The van der Waals surface area contributed by atoms with Gasteiger partial charge in [-0.05, 0) is 25.5 Å². The van der Waals surface area contributed by atoms with Crippen molar-refractivity contribution in [3.8, 4) is 0 Å². The highest BCUT2D eigenvalue weighted by Gasteiger charge is 2.62. The van der Waals surface area contributed by atoms with Gasteiger partial charge in [-0.3, -0.25) is 19.8 Å². The van der Waals surface area contributed by atoms with E-state index < -0.39 is 46.5 Å². The number of nitrogens with one attached hydrogen (secondary N) is 1. The zero-order valence-electron chi connectivity index (χ0n) is 17.8. The lowest BCUT2D eigenvalue weighted by atomic mass is 10.1. The zero-order chi connectivity index (χ0) is 24.3. The maximum absolute atomic E-state index is 12.9. The molecule has 1 aliphatic carbocycles. The van der Waals surface area contributed by atoms with Gasteiger partial charge < -0.3 is 19.9 Å². The molecule has 2 N–H and O–H groups in total. The lowest BCUT2D eigenvalue weighted by Crippen LogP contribution is -2.53. The van der Waals surface area contributed by atoms with Crippen molar-refractivity contribution in [2.24, 2.45) is 5.92 Å². The third-order valence-electron chi connectivity index (χ3n) is 5.68. The van der Waals surface area contributed by atoms with E-state index in [1.54, 1.807) is 6.92 Å². The van der Waals surface area contributed by atoms with Crippen molar-refractivity contribution < 1.29 is 38.7 Å². The minimum Gasteiger partial charge on any atom is -0.465 e. The van der Waals surface area contributed by atoms with Gasteiger partial charge in [0.25, 0.3) is 5.69 Å². The highest BCUT2D eigenvalue weighted by Crippen LogP contribution is 2.45. The first-order chi connectivity index (χ1) is 15.6. The van der Waals surface area contributed by atoms with Gasteiger partial charge in [0.15, 0.2) is 0 Å².